The molecular weight excluding hydrogens is 244 g/mol. The summed E-state index contributed by atoms with van der Waals surface area (Å²) in [4.78, 5) is 17.8. The molecule has 0 radical (unpaired) electrons. The summed E-state index contributed by atoms with van der Waals surface area (Å²) in [6.07, 6.45) is 3.38. The molecule has 1 aromatic rings. The Bertz CT molecular complexity index is 606. The number of aliphatic imine (C=N–C) groups is 1. The van der Waals surface area contributed by atoms with Crippen LogP contribution in [0.2, 0.25) is 0 Å². The molecule has 2 N–H and O–H groups in total. The number of nitrogens with zero attached hydrogens (tertiary/aromatic N) is 1. The number of fused-ring (bicyclic) bond motifs is 1. The van der Waals surface area contributed by atoms with Crippen LogP contribution in [0.15, 0.2) is 29.1 Å². The number of hydrogen-bond acceptors (Lipinski definition) is 3. The van der Waals surface area contributed by atoms with E-state index in [-0.39, 0.29) is 5.69 Å². The van der Waals surface area contributed by atoms with Crippen LogP contribution >= 0.6 is 0 Å². The lowest BCUT2D eigenvalue weighted by Gasteiger charge is -2.34. The van der Waals surface area contributed by atoms with Gasteiger partial charge in [-0.3, -0.25) is 4.99 Å². The van der Waals surface area contributed by atoms with Crippen molar-refractivity contribution in [3.8, 4) is 0 Å². The molecule has 0 spiro atoms. The van der Waals surface area contributed by atoms with E-state index in [0.29, 0.717) is 5.76 Å². The van der Waals surface area contributed by atoms with Crippen molar-refractivity contribution in [2.24, 2.45) is 4.99 Å². The molecule has 5 nitrogen and oxygen atoms in total. The van der Waals surface area contributed by atoms with Crippen LogP contribution in [0, 0.1) is 0 Å². The van der Waals surface area contributed by atoms with Gasteiger partial charge in [-0.25, -0.2) is 4.79 Å². The lowest BCUT2D eigenvalue weighted by atomic mass is 9.90. The molecule has 0 aliphatic carbocycles. The molecular formula is C14H16N2O3. The highest BCUT2D eigenvalue weighted by Gasteiger charge is 2.36. The predicted molar refractivity (Wildman–Crippen MR) is 73.1 cm³/mol. The molecule has 0 aromatic carbocycles. The third-order valence-electron chi connectivity index (χ3n) is 3.09. The molecule has 0 atom stereocenters. The normalized spacial score (nSPS) is 21.0. The van der Waals surface area contributed by atoms with Gasteiger partial charge in [0.05, 0.1) is 11.9 Å². The molecule has 2 heterocycles. The molecule has 1 aliphatic heterocycles. The maximum Gasteiger partial charge on any atom is 0.352 e. The van der Waals surface area contributed by atoms with Gasteiger partial charge in [-0.1, -0.05) is 6.08 Å². The second-order valence-electron chi connectivity index (χ2n) is 4.77. The zero-order valence-electron chi connectivity index (χ0n) is 11.2. The summed E-state index contributed by atoms with van der Waals surface area (Å²) < 4.78 is 5.88. The van der Waals surface area contributed by atoms with E-state index < -0.39 is 11.6 Å². The third kappa shape index (κ3) is 2.07. The van der Waals surface area contributed by atoms with E-state index in [1.165, 1.54) is 6.20 Å². The Labute approximate surface area is 111 Å². The predicted octanol–water partition coefficient (Wildman–Crippen LogP) is 2.92. The molecule has 1 aromatic heterocycles. The smallest absolute Gasteiger partial charge is 0.352 e. The van der Waals surface area contributed by atoms with Crippen molar-refractivity contribution in [1.29, 1.82) is 0 Å². The van der Waals surface area contributed by atoms with Crippen molar-refractivity contribution in [2.45, 2.75) is 26.4 Å². The number of aromatic nitrogens is 1. The third-order valence-corrected chi connectivity index (χ3v) is 3.09. The first-order valence-electron chi connectivity index (χ1n) is 5.89. The largest absolute Gasteiger partial charge is 0.481 e. The fourth-order valence-corrected chi connectivity index (χ4v) is 2.23. The first-order valence-corrected chi connectivity index (χ1v) is 5.89. The number of carboxylic acids is 1. The fourth-order valence-electron chi connectivity index (χ4n) is 2.23. The number of H-pyrrole nitrogens is 1. The van der Waals surface area contributed by atoms with Crippen molar-refractivity contribution in [1.82, 2.24) is 4.98 Å². The lowest BCUT2D eigenvalue weighted by molar-refractivity contribution is 0.0352. The Kier molecular flexibility index (Phi) is 3.06. The zero-order chi connectivity index (χ0) is 14.2. The summed E-state index contributed by atoms with van der Waals surface area (Å²) in [5.41, 5.74) is 1.89. The minimum atomic E-state index is -0.993. The van der Waals surface area contributed by atoms with Gasteiger partial charge in [0.2, 0.25) is 0 Å². The van der Waals surface area contributed by atoms with Crippen LogP contribution < -0.4 is 0 Å². The number of aromatic amines is 1. The molecule has 0 amide bonds. The van der Waals surface area contributed by atoms with Gasteiger partial charge in [0, 0.05) is 11.1 Å². The summed E-state index contributed by atoms with van der Waals surface area (Å²) in [5, 5.41) is 9.10. The van der Waals surface area contributed by atoms with Crippen LogP contribution in [-0.4, -0.2) is 22.8 Å². The highest BCUT2D eigenvalue weighted by atomic mass is 16.5. The van der Waals surface area contributed by atoms with Crippen molar-refractivity contribution >= 4 is 18.3 Å². The fraction of sp³-hybridized carbons (Fsp3) is 0.286. The number of aromatic carboxylic acids is 1. The molecule has 100 valence electrons. The van der Waals surface area contributed by atoms with Gasteiger partial charge in [0.1, 0.15) is 17.1 Å². The summed E-state index contributed by atoms with van der Waals surface area (Å²) in [7, 11) is 0. The Morgan fingerprint density at radius 1 is 1.58 bits per heavy atom. The molecule has 5 heteroatoms. The number of carboxylic acid groups (broad SMARTS) is 1. The molecule has 0 saturated heterocycles. The van der Waals surface area contributed by atoms with E-state index in [4.69, 9.17) is 9.84 Å². The standard InChI is InChI=1S/C14H16N2O3/c1-5-8-11(7-15-4)19-14(2,3)9-6-10(13(17)18)16-12(8)9/h5-7,16H,4H2,1-3H3,(H,17,18)/b8-5+,11-7+. The Morgan fingerprint density at radius 3 is 2.79 bits per heavy atom. The van der Waals surface area contributed by atoms with Crippen LogP contribution in [0.4, 0.5) is 0 Å². The van der Waals surface area contributed by atoms with Crippen molar-refractivity contribution in [2.75, 3.05) is 0 Å². The van der Waals surface area contributed by atoms with E-state index in [1.807, 2.05) is 26.8 Å². The summed E-state index contributed by atoms with van der Waals surface area (Å²) in [6.45, 7) is 9.05. The lowest BCUT2D eigenvalue weighted by Crippen LogP contribution is -2.26. The average molecular weight is 260 g/mol. The SMILES string of the molecule is C=N/C=C1/OC(C)(C)c2cc(C(=O)O)[nH]c2/C1=C/C. The highest BCUT2D eigenvalue weighted by Crippen LogP contribution is 2.43. The second kappa shape index (κ2) is 4.42. The maximum atomic E-state index is 11.1. The van der Waals surface area contributed by atoms with Gasteiger partial charge >= 0.3 is 5.97 Å². The van der Waals surface area contributed by atoms with Gasteiger partial charge < -0.3 is 14.8 Å². The number of carbonyl (C=O) groups is 1. The van der Waals surface area contributed by atoms with Gasteiger partial charge in [0.15, 0.2) is 0 Å². The minimum Gasteiger partial charge on any atom is -0.481 e. The first-order chi connectivity index (χ1) is 8.90. The summed E-state index contributed by atoms with van der Waals surface area (Å²) >= 11 is 0. The van der Waals surface area contributed by atoms with E-state index in [1.54, 1.807) is 6.07 Å². The maximum absolute atomic E-state index is 11.1. The van der Waals surface area contributed by atoms with Crippen LogP contribution in [0.1, 0.15) is 42.5 Å². The number of ether oxygens (including phenoxy) is 1. The topological polar surface area (TPSA) is 74.7 Å². The summed E-state index contributed by atoms with van der Waals surface area (Å²) in [5.74, 6) is -0.415. The molecule has 0 saturated carbocycles. The molecule has 1 aliphatic rings. The number of hydrogen-bond donors (Lipinski definition) is 2. The van der Waals surface area contributed by atoms with Crippen molar-refractivity contribution in [3.63, 3.8) is 0 Å². The average Bonchev–Trinajstić information content (AvgIpc) is 2.75. The van der Waals surface area contributed by atoms with Crippen LogP contribution in [0.5, 0.6) is 0 Å². The van der Waals surface area contributed by atoms with Gasteiger partial charge in [-0.05, 0) is 33.6 Å². The molecule has 0 unspecified atom stereocenters. The zero-order valence-corrected chi connectivity index (χ0v) is 11.2. The number of rotatable bonds is 2. The minimum absolute atomic E-state index is 0.147. The van der Waals surface area contributed by atoms with Gasteiger partial charge in [-0.2, -0.15) is 0 Å². The molecule has 0 bridgehead atoms. The number of nitrogens with one attached hydrogen (secondary N) is 1. The van der Waals surface area contributed by atoms with Crippen LogP contribution in [0.25, 0.3) is 5.57 Å². The second-order valence-corrected chi connectivity index (χ2v) is 4.77. The van der Waals surface area contributed by atoms with Crippen LogP contribution in [0.3, 0.4) is 0 Å². The Balaban J connectivity index is 2.69. The van der Waals surface area contributed by atoms with Crippen molar-refractivity contribution in [3.05, 3.63) is 41.1 Å². The quantitative estimate of drug-likeness (QED) is 0.803. The van der Waals surface area contributed by atoms with Crippen molar-refractivity contribution < 1.29 is 14.6 Å². The molecule has 2 rings (SSSR count). The summed E-state index contributed by atoms with van der Waals surface area (Å²) in [6, 6.07) is 1.61. The van der Waals surface area contributed by atoms with E-state index in [9.17, 15) is 4.79 Å². The van der Waals surface area contributed by atoms with E-state index in [0.717, 1.165) is 16.8 Å². The van der Waals surface area contributed by atoms with E-state index in [2.05, 4.69) is 16.7 Å². The van der Waals surface area contributed by atoms with E-state index >= 15 is 0 Å². The Morgan fingerprint density at radius 2 is 2.26 bits per heavy atom. The van der Waals surface area contributed by atoms with Gasteiger partial charge in [-0.15, -0.1) is 0 Å². The Hall–Kier alpha value is -2.30. The monoisotopic (exact) mass is 260 g/mol. The van der Waals surface area contributed by atoms with Gasteiger partial charge in [0.25, 0.3) is 0 Å². The first kappa shape index (κ1) is 13.1. The number of allylic oxidation sites excluding steroid dienone is 2. The molecule has 0 fully saturated rings. The highest BCUT2D eigenvalue weighted by molar-refractivity contribution is 5.89. The van der Waals surface area contributed by atoms with Crippen LogP contribution in [-0.2, 0) is 10.3 Å². The molecule has 19 heavy (non-hydrogen) atoms.